The Hall–Kier alpha value is -2.25. The number of hydrogen-bond acceptors (Lipinski definition) is 5. The van der Waals surface area contributed by atoms with Crippen molar-refractivity contribution in [2.24, 2.45) is 0 Å². The zero-order chi connectivity index (χ0) is 18.3. The minimum absolute atomic E-state index is 0.0899. The van der Waals surface area contributed by atoms with Crippen molar-refractivity contribution < 1.29 is 14.4 Å². The van der Waals surface area contributed by atoms with Crippen molar-refractivity contribution >= 4 is 17.7 Å². The molecular weight excluding hydrogens is 332 g/mol. The molecule has 7 heteroatoms. The molecular formula is C19H24N4O3. The van der Waals surface area contributed by atoms with Gasteiger partial charge >= 0.3 is 0 Å². The Morgan fingerprint density at radius 3 is 2.85 bits per heavy atom. The molecule has 2 atom stereocenters. The Labute approximate surface area is 152 Å². The summed E-state index contributed by atoms with van der Waals surface area (Å²) in [6, 6.07) is 5.83. The minimum Gasteiger partial charge on any atom is -0.322 e. The Kier molecular flexibility index (Phi) is 4.50. The van der Waals surface area contributed by atoms with E-state index in [1.54, 1.807) is 4.90 Å². The number of piperidine rings is 1. The van der Waals surface area contributed by atoms with Crippen molar-refractivity contribution in [2.45, 2.75) is 44.9 Å². The number of piperazine rings is 1. The van der Waals surface area contributed by atoms with Crippen LogP contribution in [0.1, 0.15) is 41.3 Å². The molecule has 138 valence electrons. The van der Waals surface area contributed by atoms with E-state index in [0.717, 1.165) is 42.9 Å². The monoisotopic (exact) mass is 356 g/mol. The highest BCUT2D eigenvalue weighted by molar-refractivity contribution is 6.05. The van der Waals surface area contributed by atoms with Crippen LogP contribution >= 0.6 is 0 Å². The molecule has 4 rings (SSSR count). The van der Waals surface area contributed by atoms with Crippen LogP contribution in [0.5, 0.6) is 0 Å². The van der Waals surface area contributed by atoms with Crippen molar-refractivity contribution in [3.63, 3.8) is 0 Å². The molecule has 0 saturated carbocycles. The van der Waals surface area contributed by atoms with Gasteiger partial charge in [0.1, 0.15) is 6.04 Å². The maximum absolute atomic E-state index is 13.1. The molecule has 2 saturated heterocycles. The molecule has 3 aliphatic rings. The molecule has 0 radical (unpaired) electrons. The van der Waals surface area contributed by atoms with Crippen molar-refractivity contribution in [2.75, 3.05) is 19.6 Å². The summed E-state index contributed by atoms with van der Waals surface area (Å²) in [6.45, 7) is 6.22. The largest absolute Gasteiger partial charge is 0.322 e. The van der Waals surface area contributed by atoms with E-state index in [1.807, 2.05) is 18.2 Å². The van der Waals surface area contributed by atoms with Gasteiger partial charge in [-0.3, -0.25) is 24.6 Å². The summed E-state index contributed by atoms with van der Waals surface area (Å²) in [6.07, 6.45) is 0.677. The number of nitrogens with zero attached hydrogens (tertiary/aromatic N) is 2. The van der Waals surface area contributed by atoms with Gasteiger partial charge in [0.05, 0.1) is 0 Å². The fourth-order valence-corrected chi connectivity index (χ4v) is 4.16. The van der Waals surface area contributed by atoms with Crippen LogP contribution in [0.2, 0.25) is 0 Å². The third-order valence-electron chi connectivity index (χ3n) is 5.65. The number of nitrogens with one attached hydrogen (secondary N) is 2. The number of fused-ring (bicyclic) bond motifs is 1. The molecule has 7 nitrogen and oxygen atoms in total. The molecule has 1 unspecified atom stereocenters. The summed E-state index contributed by atoms with van der Waals surface area (Å²) in [7, 11) is 0. The average molecular weight is 356 g/mol. The zero-order valence-corrected chi connectivity index (χ0v) is 15.0. The van der Waals surface area contributed by atoms with Crippen molar-refractivity contribution in [1.29, 1.82) is 0 Å². The average Bonchev–Trinajstić information content (AvgIpc) is 2.95. The fraction of sp³-hybridized carbons (Fsp3) is 0.526. The third-order valence-corrected chi connectivity index (χ3v) is 5.65. The smallest absolute Gasteiger partial charge is 0.255 e. The van der Waals surface area contributed by atoms with Gasteiger partial charge in [0, 0.05) is 50.7 Å². The summed E-state index contributed by atoms with van der Waals surface area (Å²) in [5, 5.41) is 5.73. The molecule has 3 heterocycles. The predicted octanol–water partition coefficient (Wildman–Crippen LogP) is 0.241. The molecule has 0 aromatic heterocycles. The van der Waals surface area contributed by atoms with Gasteiger partial charge in [-0.05, 0) is 24.5 Å². The first kappa shape index (κ1) is 17.2. The van der Waals surface area contributed by atoms with Crippen molar-refractivity contribution in [3.05, 3.63) is 34.9 Å². The molecule has 0 spiro atoms. The van der Waals surface area contributed by atoms with Crippen LogP contribution in [0.3, 0.4) is 0 Å². The van der Waals surface area contributed by atoms with E-state index in [4.69, 9.17) is 0 Å². The van der Waals surface area contributed by atoms with E-state index in [1.165, 1.54) is 0 Å². The number of carbonyl (C=O) groups excluding carboxylic acids is 3. The summed E-state index contributed by atoms with van der Waals surface area (Å²) in [5.41, 5.74) is 2.74. The lowest BCUT2D eigenvalue weighted by atomic mass is 10.0. The van der Waals surface area contributed by atoms with E-state index in [-0.39, 0.29) is 24.1 Å². The third kappa shape index (κ3) is 3.01. The van der Waals surface area contributed by atoms with Gasteiger partial charge in [0.25, 0.3) is 5.91 Å². The highest BCUT2D eigenvalue weighted by atomic mass is 16.2. The first-order valence-electron chi connectivity index (χ1n) is 9.25. The van der Waals surface area contributed by atoms with Gasteiger partial charge in [-0.2, -0.15) is 0 Å². The predicted molar refractivity (Wildman–Crippen MR) is 95.2 cm³/mol. The quantitative estimate of drug-likeness (QED) is 0.759. The van der Waals surface area contributed by atoms with E-state index in [2.05, 4.69) is 22.5 Å². The number of carbonyl (C=O) groups is 3. The molecule has 1 aromatic rings. The first-order valence-corrected chi connectivity index (χ1v) is 9.25. The molecule has 0 bridgehead atoms. The van der Waals surface area contributed by atoms with Gasteiger partial charge in [-0.1, -0.05) is 18.2 Å². The van der Waals surface area contributed by atoms with Gasteiger partial charge < -0.3 is 10.2 Å². The van der Waals surface area contributed by atoms with E-state index in [0.29, 0.717) is 19.0 Å². The number of amides is 3. The van der Waals surface area contributed by atoms with Crippen LogP contribution in [0.4, 0.5) is 0 Å². The molecule has 26 heavy (non-hydrogen) atoms. The second-order valence-electron chi connectivity index (χ2n) is 7.37. The number of rotatable bonds is 3. The van der Waals surface area contributed by atoms with Gasteiger partial charge in [0.2, 0.25) is 11.8 Å². The summed E-state index contributed by atoms with van der Waals surface area (Å²) >= 11 is 0. The van der Waals surface area contributed by atoms with E-state index < -0.39 is 6.04 Å². The molecule has 0 aliphatic carbocycles. The highest BCUT2D eigenvalue weighted by Gasteiger charge is 2.40. The fourth-order valence-electron chi connectivity index (χ4n) is 4.16. The standard InChI is InChI=1S/C19H24N4O3/c1-12-9-20-7-8-22(12)10-13-3-2-4-14-11-23(19(26)17(13)14)15-5-6-16(24)21-18(15)25/h2-4,12,15,20H,5-11H2,1H3,(H,21,24,25)/t12-,15?/m1/s1. The second-order valence-corrected chi connectivity index (χ2v) is 7.37. The Morgan fingerprint density at radius 2 is 2.08 bits per heavy atom. The summed E-state index contributed by atoms with van der Waals surface area (Å²) in [5.74, 6) is -0.712. The lowest BCUT2D eigenvalue weighted by Crippen LogP contribution is -2.52. The van der Waals surface area contributed by atoms with Gasteiger partial charge in [0.15, 0.2) is 0 Å². The van der Waals surface area contributed by atoms with Crippen molar-refractivity contribution in [1.82, 2.24) is 20.4 Å². The van der Waals surface area contributed by atoms with Crippen LogP contribution in [0.15, 0.2) is 18.2 Å². The molecule has 1 aromatic carbocycles. The number of hydrogen-bond donors (Lipinski definition) is 2. The maximum atomic E-state index is 13.1. The van der Waals surface area contributed by atoms with Crippen LogP contribution in [-0.2, 0) is 22.7 Å². The Balaban J connectivity index is 1.57. The van der Waals surface area contributed by atoms with Gasteiger partial charge in [-0.25, -0.2) is 0 Å². The van der Waals surface area contributed by atoms with E-state index in [9.17, 15) is 14.4 Å². The molecule has 2 N–H and O–H groups in total. The molecule has 3 amide bonds. The summed E-state index contributed by atoms with van der Waals surface area (Å²) < 4.78 is 0. The highest BCUT2D eigenvalue weighted by Crippen LogP contribution is 2.30. The van der Waals surface area contributed by atoms with Crippen LogP contribution in [-0.4, -0.2) is 59.2 Å². The normalized spacial score (nSPS) is 26.8. The maximum Gasteiger partial charge on any atom is 0.255 e. The number of imide groups is 1. The summed E-state index contributed by atoms with van der Waals surface area (Å²) in [4.78, 5) is 40.7. The molecule has 2 fully saturated rings. The van der Waals surface area contributed by atoms with Gasteiger partial charge in [-0.15, -0.1) is 0 Å². The first-order chi connectivity index (χ1) is 12.5. The minimum atomic E-state index is -0.557. The lowest BCUT2D eigenvalue weighted by Gasteiger charge is -2.34. The van der Waals surface area contributed by atoms with Crippen molar-refractivity contribution in [3.8, 4) is 0 Å². The zero-order valence-electron chi connectivity index (χ0n) is 15.0. The second kappa shape index (κ2) is 6.81. The number of benzene rings is 1. The Bertz CT molecular complexity index is 763. The van der Waals surface area contributed by atoms with E-state index >= 15 is 0 Å². The lowest BCUT2D eigenvalue weighted by molar-refractivity contribution is -0.136. The molecule has 3 aliphatic heterocycles. The SMILES string of the molecule is C[C@@H]1CNCCN1Cc1cccc2c1C(=O)N(C1CCC(=O)NC1=O)C2. The topological polar surface area (TPSA) is 81.8 Å². The van der Waals surface area contributed by atoms with Crippen LogP contribution < -0.4 is 10.6 Å². The Morgan fingerprint density at radius 1 is 1.23 bits per heavy atom. The van der Waals surface area contributed by atoms with Crippen LogP contribution in [0.25, 0.3) is 0 Å². The van der Waals surface area contributed by atoms with Crippen LogP contribution in [0, 0.1) is 0 Å².